The molecular formula is C36H44N2O5. The number of rotatable bonds is 11. The molecule has 3 atom stereocenters. The highest BCUT2D eigenvalue weighted by Crippen LogP contribution is 2.39. The molecule has 2 fully saturated rings. The molecule has 3 aromatic carbocycles. The number of likely N-dealkylation sites (tertiary alicyclic amines) is 1. The summed E-state index contributed by atoms with van der Waals surface area (Å²) in [7, 11) is 0. The minimum Gasteiger partial charge on any atom is -0.460 e. The Hall–Kier alpha value is -3.68. The molecule has 1 amide bonds. The van der Waals surface area contributed by atoms with Gasteiger partial charge in [0.15, 0.2) is 0 Å². The Morgan fingerprint density at radius 1 is 0.837 bits per heavy atom. The zero-order valence-electron chi connectivity index (χ0n) is 25.6. The van der Waals surface area contributed by atoms with E-state index in [2.05, 4.69) is 34.5 Å². The average Bonchev–Trinajstić information content (AvgIpc) is 3.51. The molecule has 1 saturated heterocycles. The van der Waals surface area contributed by atoms with Crippen molar-refractivity contribution in [1.82, 2.24) is 10.2 Å². The van der Waals surface area contributed by atoms with Crippen molar-refractivity contribution in [3.05, 3.63) is 90.0 Å². The lowest BCUT2D eigenvalue weighted by molar-refractivity contribution is -0.156. The highest BCUT2D eigenvalue weighted by atomic mass is 16.6. The minimum atomic E-state index is -0.459. The van der Waals surface area contributed by atoms with Gasteiger partial charge in [-0.3, -0.25) is 9.69 Å². The van der Waals surface area contributed by atoms with E-state index in [9.17, 15) is 9.59 Å². The van der Waals surface area contributed by atoms with Crippen LogP contribution in [0.5, 0.6) is 5.75 Å². The third kappa shape index (κ3) is 9.15. The largest absolute Gasteiger partial charge is 0.460 e. The highest BCUT2D eigenvalue weighted by molar-refractivity contribution is 5.77. The van der Waals surface area contributed by atoms with Crippen LogP contribution in [0.4, 0.5) is 4.79 Å². The predicted molar refractivity (Wildman–Crippen MR) is 168 cm³/mol. The Balaban J connectivity index is 1.00. The first-order valence-corrected chi connectivity index (χ1v) is 15.4. The standard InChI is InChI=1S/C36H44N2O5/c1-36(2,3)43-34(39)18-20-41-19-17-26-13-15-27(16-14-26)23-38-24-29-21-31(22-30(29)25-38)37-35(40)42-33-12-8-7-11-32(33)28-9-5-4-6-10-28/h4-16,29-31H,17-25H2,1-3H3,(H,37,40)/t29-,30+,31?. The van der Waals surface area contributed by atoms with E-state index >= 15 is 0 Å². The van der Waals surface area contributed by atoms with Crippen LogP contribution in [0.3, 0.4) is 0 Å². The molecule has 1 heterocycles. The van der Waals surface area contributed by atoms with Crippen LogP contribution in [0.15, 0.2) is 78.9 Å². The summed E-state index contributed by atoms with van der Waals surface area (Å²) in [5.41, 5.74) is 4.02. The Bertz CT molecular complexity index is 1340. The van der Waals surface area contributed by atoms with Crippen LogP contribution in [0.1, 0.15) is 51.2 Å². The molecule has 2 aliphatic rings. The molecule has 1 aliphatic heterocycles. The summed E-state index contributed by atoms with van der Waals surface area (Å²) in [5.74, 6) is 1.54. The molecular weight excluding hydrogens is 540 g/mol. The van der Waals surface area contributed by atoms with Crippen molar-refractivity contribution in [1.29, 1.82) is 0 Å². The summed E-state index contributed by atoms with van der Waals surface area (Å²) < 4.78 is 16.7. The van der Waals surface area contributed by atoms with E-state index in [1.165, 1.54) is 11.1 Å². The van der Waals surface area contributed by atoms with Gasteiger partial charge < -0.3 is 19.5 Å². The van der Waals surface area contributed by atoms with E-state index in [0.717, 1.165) is 50.0 Å². The van der Waals surface area contributed by atoms with Crippen molar-refractivity contribution in [2.24, 2.45) is 11.8 Å². The Morgan fingerprint density at radius 3 is 2.19 bits per heavy atom. The molecule has 1 N–H and O–H groups in total. The van der Waals surface area contributed by atoms with Crippen molar-refractivity contribution >= 4 is 12.1 Å². The van der Waals surface area contributed by atoms with Crippen molar-refractivity contribution in [3.8, 4) is 16.9 Å². The summed E-state index contributed by atoms with van der Waals surface area (Å²) in [6, 6.07) is 26.6. The number of hydrogen-bond acceptors (Lipinski definition) is 6. The second kappa shape index (κ2) is 14.2. The van der Waals surface area contributed by atoms with Crippen LogP contribution in [-0.4, -0.2) is 54.9 Å². The van der Waals surface area contributed by atoms with Crippen LogP contribution in [0, 0.1) is 11.8 Å². The maximum absolute atomic E-state index is 12.8. The normalized spacial score (nSPS) is 20.0. The smallest absolute Gasteiger partial charge is 0.412 e. The van der Waals surface area contributed by atoms with E-state index < -0.39 is 5.60 Å². The zero-order chi connectivity index (χ0) is 30.2. The summed E-state index contributed by atoms with van der Waals surface area (Å²) in [6.07, 6.45) is 2.70. The van der Waals surface area contributed by atoms with Gasteiger partial charge >= 0.3 is 12.1 Å². The number of ether oxygens (including phenoxy) is 3. The van der Waals surface area contributed by atoms with Gasteiger partial charge in [-0.15, -0.1) is 0 Å². The third-order valence-corrected chi connectivity index (χ3v) is 8.16. The fourth-order valence-electron chi connectivity index (χ4n) is 6.26. The van der Waals surface area contributed by atoms with Crippen molar-refractivity contribution in [3.63, 3.8) is 0 Å². The van der Waals surface area contributed by atoms with Gasteiger partial charge in [-0.25, -0.2) is 4.79 Å². The van der Waals surface area contributed by atoms with Gasteiger partial charge in [0, 0.05) is 31.2 Å². The predicted octanol–water partition coefficient (Wildman–Crippen LogP) is 6.64. The van der Waals surface area contributed by atoms with Gasteiger partial charge in [-0.2, -0.15) is 0 Å². The molecule has 1 saturated carbocycles. The first-order valence-electron chi connectivity index (χ1n) is 15.4. The number of para-hydroxylation sites is 1. The number of fused-ring (bicyclic) bond motifs is 1. The van der Waals surface area contributed by atoms with Crippen LogP contribution in [0.2, 0.25) is 0 Å². The van der Waals surface area contributed by atoms with Crippen molar-refractivity contribution in [2.75, 3.05) is 26.3 Å². The fraction of sp³-hybridized carbons (Fsp3) is 0.444. The van der Waals surface area contributed by atoms with E-state index in [1.807, 2.05) is 75.4 Å². The maximum atomic E-state index is 12.8. The molecule has 0 radical (unpaired) electrons. The minimum absolute atomic E-state index is 0.152. The SMILES string of the molecule is CC(C)(C)OC(=O)CCOCCc1ccc(CN2C[C@H]3CC(NC(=O)Oc4ccccc4-c4ccccc4)C[C@H]3C2)cc1. The molecule has 3 aromatic rings. The topological polar surface area (TPSA) is 77.1 Å². The molecule has 0 bridgehead atoms. The second-order valence-corrected chi connectivity index (χ2v) is 12.8. The molecule has 7 nitrogen and oxygen atoms in total. The zero-order valence-corrected chi connectivity index (χ0v) is 25.6. The van der Waals surface area contributed by atoms with Crippen LogP contribution in [0.25, 0.3) is 11.1 Å². The van der Waals surface area contributed by atoms with Gasteiger partial charge in [0.1, 0.15) is 11.4 Å². The van der Waals surface area contributed by atoms with Gasteiger partial charge in [-0.05, 0) is 74.6 Å². The molecule has 43 heavy (non-hydrogen) atoms. The first kappa shape index (κ1) is 30.8. The van der Waals surface area contributed by atoms with Crippen molar-refractivity contribution in [2.45, 2.75) is 64.6 Å². The van der Waals surface area contributed by atoms with E-state index in [0.29, 0.717) is 30.8 Å². The number of esters is 1. The monoisotopic (exact) mass is 584 g/mol. The number of benzene rings is 3. The lowest BCUT2D eigenvalue weighted by Crippen LogP contribution is -2.36. The van der Waals surface area contributed by atoms with Crippen molar-refractivity contribution < 1.29 is 23.8 Å². The summed E-state index contributed by atoms with van der Waals surface area (Å²) in [4.78, 5) is 27.1. The Kier molecular flexibility index (Phi) is 10.2. The van der Waals surface area contributed by atoms with E-state index in [-0.39, 0.29) is 24.5 Å². The number of nitrogens with zero attached hydrogens (tertiary/aromatic N) is 1. The summed E-state index contributed by atoms with van der Waals surface area (Å²) in [6.45, 7) is 9.62. The number of nitrogens with one attached hydrogen (secondary N) is 1. The Labute approximate surface area is 255 Å². The molecule has 0 spiro atoms. The van der Waals surface area contributed by atoms with Crippen LogP contribution < -0.4 is 10.1 Å². The number of carbonyl (C=O) groups is 2. The molecule has 1 unspecified atom stereocenters. The second-order valence-electron chi connectivity index (χ2n) is 12.8. The van der Waals surface area contributed by atoms with Gasteiger partial charge in [0.2, 0.25) is 0 Å². The lowest BCUT2D eigenvalue weighted by Gasteiger charge is -2.20. The van der Waals surface area contributed by atoms with Gasteiger partial charge in [0.25, 0.3) is 0 Å². The quantitative estimate of drug-likeness (QED) is 0.201. The molecule has 228 valence electrons. The highest BCUT2D eigenvalue weighted by Gasteiger charge is 2.41. The maximum Gasteiger partial charge on any atom is 0.412 e. The lowest BCUT2D eigenvalue weighted by atomic mass is 10.0. The number of hydrogen-bond donors (Lipinski definition) is 1. The first-order chi connectivity index (χ1) is 20.7. The number of carbonyl (C=O) groups excluding carboxylic acids is 2. The van der Waals surface area contributed by atoms with E-state index in [4.69, 9.17) is 14.2 Å². The summed E-state index contributed by atoms with van der Waals surface area (Å²) >= 11 is 0. The summed E-state index contributed by atoms with van der Waals surface area (Å²) in [5, 5.41) is 3.13. The Morgan fingerprint density at radius 2 is 1.49 bits per heavy atom. The van der Waals surface area contributed by atoms with Crippen LogP contribution >= 0.6 is 0 Å². The van der Waals surface area contributed by atoms with Crippen LogP contribution in [-0.2, 0) is 27.2 Å². The van der Waals surface area contributed by atoms with Gasteiger partial charge in [0.05, 0.1) is 19.6 Å². The fourth-order valence-corrected chi connectivity index (χ4v) is 6.26. The molecule has 5 rings (SSSR count). The number of amides is 1. The average molecular weight is 585 g/mol. The third-order valence-electron chi connectivity index (χ3n) is 8.16. The van der Waals surface area contributed by atoms with Gasteiger partial charge in [-0.1, -0.05) is 72.8 Å². The van der Waals surface area contributed by atoms with E-state index in [1.54, 1.807) is 0 Å². The molecule has 1 aliphatic carbocycles. The molecule has 7 heteroatoms. The molecule has 0 aromatic heterocycles.